The third-order valence-corrected chi connectivity index (χ3v) is 5.01. The Labute approximate surface area is 180 Å². The first-order valence-electron chi connectivity index (χ1n) is 9.40. The molecule has 1 N–H and O–H groups in total. The van der Waals surface area contributed by atoms with Crippen molar-refractivity contribution >= 4 is 40.3 Å². The van der Waals surface area contributed by atoms with Crippen LogP contribution in [0.1, 0.15) is 40.9 Å². The number of aliphatic carboxylic acids is 1. The third-order valence-electron chi connectivity index (χ3n) is 4.72. The van der Waals surface area contributed by atoms with Gasteiger partial charge in [-0.2, -0.15) is 0 Å². The molecule has 0 atom stereocenters. The Morgan fingerprint density at radius 1 is 1.10 bits per heavy atom. The van der Waals surface area contributed by atoms with E-state index >= 15 is 0 Å². The van der Waals surface area contributed by atoms with E-state index < -0.39 is 11.6 Å². The second kappa shape index (κ2) is 8.28. The highest BCUT2D eigenvalue weighted by Gasteiger charge is 2.30. The van der Waals surface area contributed by atoms with Gasteiger partial charge in [-0.1, -0.05) is 35.9 Å². The van der Waals surface area contributed by atoms with Crippen LogP contribution in [0.3, 0.4) is 0 Å². The van der Waals surface area contributed by atoms with Crippen LogP contribution in [0.25, 0.3) is 17.0 Å². The van der Waals surface area contributed by atoms with Crippen molar-refractivity contribution < 1.29 is 19.4 Å². The number of halogens is 1. The fourth-order valence-electron chi connectivity index (χ4n) is 3.07. The summed E-state index contributed by atoms with van der Waals surface area (Å²) in [6.07, 6.45) is 3.15. The lowest BCUT2D eigenvalue weighted by Crippen LogP contribution is -2.38. The van der Waals surface area contributed by atoms with Crippen molar-refractivity contribution in [1.29, 1.82) is 0 Å². The van der Waals surface area contributed by atoms with Crippen LogP contribution in [0.5, 0.6) is 5.75 Å². The number of benzene rings is 2. The van der Waals surface area contributed by atoms with Gasteiger partial charge in [-0.25, -0.2) is 9.78 Å². The molecule has 0 amide bonds. The molecule has 0 saturated heterocycles. The summed E-state index contributed by atoms with van der Waals surface area (Å²) in [5.74, 6) is -0.773. The van der Waals surface area contributed by atoms with Crippen LogP contribution in [0.2, 0.25) is 5.15 Å². The van der Waals surface area contributed by atoms with Crippen molar-refractivity contribution in [2.45, 2.75) is 33.3 Å². The zero-order valence-electron chi connectivity index (χ0n) is 17.2. The minimum Gasteiger partial charge on any atom is -0.478 e. The Kier molecular flexibility index (Phi) is 5.94. The number of ketones is 1. The molecular formula is C24H22ClNO4. The van der Waals surface area contributed by atoms with Gasteiger partial charge in [-0.3, -0.25) is 4.79 Å². The van der Waals surface area contributed by atoms with Gasteiger partial charge in [0.25, 0.3) is 0 Å². The zero-order valence-corrected chi connectivity index (χ0v) is 17.9. The normalized spacial score (nSPS) is 11.8. The summed E-state index contributed by atoms with van der Waals surface area (Å²) in [6.45, 7) is 6.68. The number of carboxylic acids is 1. The van der Waals surface area contributed by atoms with Crippen LogP contribution in [0.15, 0.2) is 48.5 Å². The summed E-state index contributed by atoms with van der Waals surface area (Å²) >= 11 is 6.21. The molecule has 1 aromatic heterocycles. The molecule has 0 fully saturated rings. The fourth-order valence-corrected chi connectivity index (χ4v) is 3.31. The molecule has 0 bridgehead atoms. The number of hydrogen-bond donors (Lipinski definition) is 1. The van der Waals surface area contributed by atoms with Crippen molar-refractivity contribution in [2.75, 3.05) is 0 Å². The Morgan fingerprint density at radius 2 is 1.73 bits per heavy atom. The lowest BCUT2D eigenvalue weighted by molar-refractivity contribution is -0.152. The number of ether oxygens (including phenoxy) is 1. The van der Waals surface area contributed by atoms with Crippen molar-refractivity contribution in [3.63, 3.8) is 0 Å². The molecule has 0 aliphatic heterocycles. The van der Waals surface area contributed by atoms with Crippen LogP contribution >= 0.6 is 11.6 Å². The predicted octanol–water partition coefficient (Wildman–Crippen LogP) is 5.64. The highest BCUT2D eigenvalue weighted by molar-refractivity contribution is 6.34. The largest absolute Gasteiger partial charge is 0.478 e. The van der Waals surface area contributed by atoms with Gasteiger partial charge in [0, 0.05) is 5.39 Å². The third kappa shape index (κ3) is 4.52. The quantitative estimate of drug-likeness (QED) is 0.315. The molecule has 3 rings (SSSR count). The molecule has 30 heavy (non-hydrogen) atoms. The highest BCUT2D eigenvalue weighted by atomic mass is 35.5. The number of rotatable bonds is 6. The smallest absolute Gasteiger partial charge is 0.347 e. The minimum absolute atomic E-state index is 0.162. The number of nitrogens with zero attached hydrogens (tertiary/aromatic N) is 1. The number of carboxylic acid groups (broad SMARTS) is 1. The van der Waals surface area contributed by atoms with E-state index in [1.807, 2.05) is 50.2 Å². The molecule has 0 aliphatic rings. The first-order valence-corrected chi connectivity index (χ1v) is 9.77. The average molecular weight is 424 g/mol. The van der Waals surface area contributed by atoms with E-state index in [2.05, 4.69) is 4.98 Å². The second-order valence-corrected chi connectivity index (χ2v) is 7.98. The lowest BCUT2D eigenvalue weighted by atomic mass is 10.0. The molecule has 5 nitrogen and oxygen atoms in total. The number of hydrogen-bond acceptors (Lipinski definition) is 4. The molecule has 0 aliphatic carbocycles. The SMILES string of the molecule is Cc1cc(C=CC(=O)c2cc3ccccc3nc2Cl)cc(C)c1OC(C)(C)C(=O)O. The van der Waals surface area contributed by atoms with Gasteiger partial charge in [-0.15, -0.1) is 0 Å². The van der Waals surface area contributed by atoms with Crippen molar-refractivity contribution in [3.8, 4) is 5.75 Å². The number of carbonyl (C=O) groups is 2. The van der Waals surface area contributed by atoms with E-state index in [1.165, 1.54) is 19.9 Å². The summed E-state index contributed by atoms with van der Waals surface area (Å²) in [5.41, 5.74) is 2.08. The number of allylic oxidation sites excluding steroid dienone is 1. The zero-order chi connectivity index (χ0) is 22.1. The number of para-hydroxylation sites is 1. The Morgan fingerprint density at radius 3 is 2.37 bits per heavy atom. The Bertz CT molecular complexity index is 1160. The van der Waals surface area contributed by atoms with Crippen molar-refractivity contribution in [3.05, 3.63) is 75.9 Å². The van der Waals surface area contributed by atoms with Crippen LogP contribution in [-0.2, 0) is 4.79 Å². The number of aryl methyl sites for hydroxylation is 2. The van der Waals surface area contributed by atoms with Gasteiger partial charge in [0.05, 0.1) is 11.1 Å². The summed E-state index contributed by atoms with van der Waals surface area (Å²) in [4.78, 5) is 28.3. The first-order chi connectivity index (χ1) is 14.1. The number of carbonyl (C=O) groups excluding carboxylic acids is 1. The molecule has 0 saturated carbocycles. The van der Waals surface area contributed by atoms with Crippen molar-refractivity contribution in [1.82, 2.24) is 4.98 Å². The lowest BCUT2D eigenvalue weighted by Gasteiger charge is -2.24. The Balaban J connectivity index is 1.87. The van der Waals surface area contributed by atoms with E-state index in [0.717, 1.165) is 27.6 Å². The van der Waals surface area contributed by atoms with Crippen LogP contribution in [-0.4, -0.2) is 27.4 Å². The monoisotopic (exact) mass is 423 g/mol. The number of fused-ring (bicyclic) bond motifs is 1. The number of aromatic nitrogens is 1. The topological polar surface area (TPSA) is 76.5 Å². The molecule has 154 valence electrons. The second-order valence-electron chi connectivity index (χ2n) is 7.62. The van der Waals surface area contributed by atoms with E-state index in [9.17, 15) is 14.7 Å². The van der Waals surface area contributed by atoms with E-state index in [1.54, 1.807) is 12.1 Å². The van der Waals surface area contributed by atoms with Gasteiger partial charge in [0.1, 0.15) is 10.9 Å². The maximum Gasteiger partial charge on any atom is 0.347 e. The molecule has 2 aromatic carbocycles. The number of pyridine rings is 1. The summed E-state index contributed by atoms with van der Waals surface area (Å²) < 4.78 is 5.72. The van der Waals surface area contributed by atoms with Gasteiger partial charge < -0.3 is 9.84 Å². The van der Waals surface area contributed by atoms with E-state index in [-0.39, 0.29) is 10.9 Å². The van der Waals surface area contributed by atoms with Crippen LogP contribution in [0.4, 0.5) is 0 Å². The molecule has 0 spiro atoms. The summed E-state index contributed by atoms with van der Waals surface area (Å²) in [7, 11) is 0. The van der Waals surface area contributed by atoms with Gasteiger partial charge in [0.15, 0.2) is 11.4 Å². The standard InChI is InChI=1S/C24H22ClNO4/c1-14-11-16(12-15(2)21(14)30-24(3,4)23(28)29)9-10-20(27)18-13-17-7-5-6-8-19(17)26-22(18)25/h5-13H,1-4H3,(H,28,29). The minimum atomic E-state index is -1.34. The predicted molar refractivity (Wildman–Crippen MR) is 118 cm³/mol. The molecule has 6 heteroatoms. The fraction of sp³-hybridized carbons (Fsp3) is 0.208. The molecule has 0 radical (unpaired) electrons. The van der Waals surface area contributed by atoms with Crippen LogP contribution < -0.4 is 4.74 Å². The summed E-state index contributed by atoms with van der Waals surface area (Å²) in [6, 6.07) is 12.9. The van der Waals surface area contributed by atoms with Crippen LogP contribution in [0, 0.1) is 13.8 Å². The first kappa shape index (κ1) is 21.5. The van der Waals surface area contributed by atoms with E-state index in [0.29, 0.717) is 11.3 Å². The molecular weight excluding hydrogens is 402 g/mol. The highest BCUT2D eigenvalue weighted by Crippen LogP contribution is 2.29. The molecule has 3 aromatic rings. The summed E-state index contributed by atoms with van der Waals surface area (Å²) in [5, 5.41) is 10.3. The molecule has 1 heterocycles. The van der Waals surface area contributed by atoms with Gasteiger partial charge in [0.2, 0.25) is 0 Å². The maximum atomic E-state index is 12.7. The van der Waals surface area contributed by atoms with Gasteiger partial charge >= 0.3 is 5.97 Å². The van der Waals surface area contributed by atoms with E-state index in [4.69, 9.17) is 16.3 Å². The van der Waals surface area contributed by atoms with Crippen molar-refractivity contribution in [2.24, 2.45) is 0 Å². The molecule has 0 unspecified atom stereocenters. The average Bonchev–Trinajstić information content (AvgIpc) is 2.68. The Hall–Kier alpha value is -3.18. The van der Waals surface area contributed by atoms with Gasteiger partial charge in [-0.05, 0) is 74.7 Å². The maximum absolute atomic E-state index is 12.7.